The third kappa shape index (κ3) is 5.15. The topological polar surface area (TPSA) is 49.3 Å². The highest BCUT2D eigenvalue weighted by atomic mass is 19.4. The Balaban J connectivity index is 2.40. The minimum absolute atomic E-state index is 0.0112. The van der Waals surface area contributed by atoms with Crippen LogP contribution in [0.25, 0.3) is 0 Å². The summed E-state index contributed by atoms with van der Waals surface area (Å²) in [5.41, 5.74) is -0.502. The minimum atomic E-state index is -4.21. The molecular weight excluding hydrogens is 266 g/mol. The molecule has 7 heteroatoms. The standard InChI is InChI=1S/C12H13F4NO2/c13-8-4-3-5-9(18)10(8)11(19)17-7-2-1-6-12(14,15)16/h3-5,18H,1-2,6-7H2,(H,17,19). The number of nitrogens with one attached hydrogen (secondary N) is 1. The largest absolute Gasteiger partial charge is 0.507 e. The fourth-order valence-electron chi connectivity index (χ4n) is 1.48. The molecule has 0 aliphatic heterocycles. The van der Waals surface area contributed by atoms with Gasteiger partial charge in [-0.1, -0.05) is 6.07 Å². The number of alkyl halides is 3. The minimum Gasteiger partial charge on any atom is -0.507 e. The van der Waals surface area contributed by atoms with Crippen molar-refractivity contribution in [2.24, 2.45) is 0 Å². The fraction of sp³-hybridized carbons (Fsp3) is 0.417. The summed E-state index contributed by atoms with van der Waals surface area (Å²) in [6.45, 7) is -0.0112. The number of carbonyl (C=O) groups excluding carboxylic acids is 1. The lowest BCUT2D eigenvalue weighted by atomic mass is 10.1. The number of phenolic OH excluding ortho intramolecular Hbond substituents is 1. The van der Waals surface area contributed by atoms with Gasteiger partial charge >= 0.3 is 6.18 Å². The zero-order valence-corrected chi connectivity index (χ0v) is 9.93. The molecule has 0 fully saturated rings. The van der Waals surface area contributed by atoms with Crippen LogP contribution in [0, 0.1) is 5.82 Å². The number of hydrogen-bond acceptors (Lipinski definition) is 2. The predicted octanol–water partition coefficient (Wildman–Crippen LogP) is 2.99. The van der Waals surface area contributed by atoms with E-state index in [9.17, 15) is 27.5 Å². The summed E-state index contributed by atoms with van der Waals surface area (Å²) in [5, 5.41) is 11.6. The second-order valence-electron chi connectivity index (χ2n) is 3.96. The smallest absolute Gasteiger partial charge is 0.389 e. The second kappa shape index (κ2) is 6.40. The lowest BCUT2D eigenvalue weighted by Gasteiger charge is -2.08. The van der Waals surface area contributed by atoms with Crippen molar-refractivity contribution in [3.8, 4) is 5.75 Å². The van der Waals surface area contributed by atoms with Crippen LogP contribution < -0.4 is 5.32 Å². The molecule has 1 aromatic carbocycles. The molecule has 0 aromatic heterocycles. The van der Waals surface area contributed by atoms with Crippen LogP contribution >= 0.6 is 0 Å². The maximum absolute atomic E-state index is 13.3. The lowest BCUT2D eigenvalue weighted by Crippen LogP contribution is -2.25. The highest BCUT2D eigenvalue weighted by Crippen LogP contribution is 2.22. The molecule has 0 saturated carbocycles. The number of amides is 1. The number of unbranched alkanes of at least 4 members (excludes halogenated alkanes) is 1. The van der Waals surface area contributed by atoms with E-state index in [1.54, 1.807) is 0 Å². The number of rotatable bonds is 5. The van der Waals surface area contributed by atoms with Crippen molar-refractivity contribution < 1.29 is 27.5 Å². The van der Waals surface area contributed by atoms with E-state index in [0.29, 0.717) is 0 Å². The van der Waals surface area contributed by atoms with E-state index in [1.807, 2.05) is 0 Å². The van der Waals surface area contributed by atoms with E-state index in [-0.39, 0.29) is 19.4 Å². The van der Waals surface area contributed by atoms with E-state index in [0.717, 1.165) is 12.1 Å². The molecule has 3 nitrogen and oxygen atoms in total. The van der Waals surface area contributed by atoms with Gasteiger partial charge in [0.2, 0.25) is 0 Å². The first-order chi connectivity index (χ1) is 8.81. The van der Waals surface area contributed by atoms with Gasteiger partial charge in [-0.25, -0.2) is 4.39 Å². The summed E-state index contributed by atoms with van der Waals surface area (Å²) in [4.78, 5) is 11.5. The molecule has 1 aromatic rings. The molecule has 0 bridgehead atoms. The van der Waals surface area contributed by atoms with E-state index in [1.165, 1.54) is 6.07 Å². The molecule has 106 valence electrons. The van der Waals surface area contributed by atoms with Crippen LogP contribution in [-0.4, -0.2) is 23.7 Å². The fourth-order valence-corrected chi connectivity index (χ4v) is 1.48. The van der Waals surface area contributed by atoms with E-state index < -0.39 is 35.6 Å². The number of benzene rings is 1. The van der Waals surface area contributed by atoms with Gasteiger partial charge in [0.15, 0.2) is 0 Å². The van der Waals surface area contributed by atoms with Crippen molar-refractivity contribution >= 4 is 5.91 Å². The third-order valence-corrected chi connectivity index (χ3v) is 2.39. The van der Waals surface area contributed by atoms with Gasteiger partial charge in [-0.3, -0.25) is 4.79 Å². The molecule has 0 aliphatic carbocycles. The maximum atomic E-state index is 13.3. The summed E-state index contributed by atoms with van der Waals surface area (Å²) in [5.74, 6) is -2.23. The SMILES string of the molecule is O=C(NCCCCC(F)(F)F)c1c(O)cccc1F. The molecule has 0 radical (unpaired) electrons. The second-order valence-corrected chi connectivity index (χ2v) is 3.96. The maximum Gasteiger partial charge on any atom is 0.389 e. The highest BCUT2D eigenvalue weighted by Gasteiger charge is 2.25. The Morgan fingerprint density at radius 1 is 1.26 bits per heavy atom. The Bertz CT molecular complexity index is 426. The van der Waals surface area contributed by atoms with Crippen molar-refractivity contribution in [3.05, 3.63) is 29.6 Å². The van der Waals surface area contributed by atoms with Gasteiger partial charge in [-0.05, 0) is 25.0 Å². The van der Waals surface area contributed by atoms with Crippen molar-refractivity contribution in [2.45, 2.75) is 25.4 Å². The summed E-state index contributed by atoms with van der Waals surface area (Å²) < 4.78 is 48.8. The molecular formula is C12H13F4NO2. The van der Waals surface area contributed by atoms with E-state index in [2.05, 4.69) is 5.32 Å². The Hall–Kier alpha value is -1.79. The first-order valence-corrected chi connectivity index (χ1v) is 5.63. The van der Waals surface area contributed by atoms with Gasteiger partial charge in [-0.2, -0.15) is 13.2 Å². The molecule has 0 saturated heterocycles. The first kappa shape index (κ1) is 15.3. The third-order valence-electron chi connectivity index (χ3n) is 2.39. The summed E-state index contributed by atoms with van der Waals surface area (Å²) >= 11 is 0. The lowest BCUT2D eigenvalue weighted by molar-refractivity contribution is -0.135. The molecule has 0 atom stereocenters. The van der Waals surface area contributed by atoms with Crippen molar-refractivity contribution in [3.63, 3.8) is 0 Å². The van der Waals surface area contributed by atoms with Gasteiger partial charge in [0.25, 0.3) is 5.91 Å². The van der Waals surface area contributed by atoms with Crippen molar-refractivity contribution in [1.82, 2.24) is 5.32 Å². The van der Waals surface area contributed by atoms with E-state index >= 15 is 0 Å². The van der Waals surface area contributed by atoms with Crippen LogP contribution in [0.5, 0.6) is 5.75 Å². The number of halogens is 4. The number of hydrogen-bond donors (Lipinski definition) is 2. The van der Waals surface area contributed by atoms with E-state index in [4.69, 9.17) is 0 Å². The Morgan fingerprint density at radius 3 is 2.53 bits per heavy atom. The van der Waals surface area contributed by atoms with Crippen LogP contribution in [0.2, 0.25) is 0 Å². The van der Waals surface area contributed by atoms with Crippen molar-refractivity contribution in [2.75, 3.05) is 6.54 Å². The van der Waals surface area contributed by atoms with Gasteiger partial charge in [0, 0.05) is 13.0 Å². The monoisotopic (exact) mass is 279 g/mol. The normalized spacial score (nSPS) is 11.4. The van der Waals surface area contributed by atoms with Crippen LogP contribution in [-0.2, 0) is 0 Å². The van der Waals surface area contributed by atoms with Crippen molar-refractivity contribution in [1.29, 1.82) is 0 Å². The van der Waals surface area contributed by atoms with Crippen LogP contribution in [0.15, 0.2) is 18.2 Å². The average molecular weight is 279 g/mol. The molecule has 19 heavy (non-hydrogen) atoms. The van der Waals surface area contributed by atoms with Gasteiger partial charge < -0.3 is 10.4 Å². The number of aromatic hydroxyl groups is 1. The highest BCUT2D eigenvalue weighted by molar-refractivity contribution is 5.97. The van der Waals surface area contributed by atoms with Gasteiger partial charge in [-0.15, -0.1) is 0 Å². The van der Waals surface area contributed by atoms with Gasteiger partial charge in [0.1, 0.15) is 17.1 Å². The number of carbonyl (C=O) groups is 1. The van der Waals surface area contributed by atoms with Crippen LogP contribution in [0.1, 0.15) is 29.6 Å². The molecule has 2 N–H and O–H groups in total. The first-order valence-electron chi connectivity index (χ1n) is 5.63. The summed E-state index contributed by atoms with van der Waals surface area (Å²) in [6.07, 6.45) is -5.13. The summed E-state index contributed by atoms with van der Waals surface area (Å²) in [6, 6.07) is 3.41. The molecule has 0 aliphatic rings. The molecule has 0 unspecified atom stereocenters. The zero-order valence-electron chi connectivity index (χ0n) is 9.93. The van der Waals surface area contributed by atoms with Gasteiger partial charge in [0.05, 0.1) is 0 Å². The summed E-state index contributed by atoms with van der Waals surface area (Å²) in [7, 11) is 0. The quantitative estimate of drug-likeness (QED) is 0.643. The average Bonchev–Trinajstić information content (AvgIpc) is 2.26. The predicted molar refractivity (Wildman–Crippen MR) is 60.3 cm³/mol. The number of phenols is 1. The van der Waals surface area contributed by atoms with Crippen LogP contribution in [0.4, 0.5) is 17.6 Å². The zero-order chi connectivity index (χ0) is 14.5. The molecule has 1 rings (SSSR count). The van der Waals surface area contributed by atoms with Crippen LogP contribution in [0.3, 0.4) is 0 Å². The Labute approximate surface area is 107 Å². The molecule has 1 amide bonds. The Kier molecular flexibility index (Phi) is 5.14. The Morgan fingerprint density at radius 2 is 1.95 bits per heavy atom. The molecule has 0 heterocycles. The molecule has 0 spiro atoms.